The second-order valence-electron chi connectivity index (χ2n) is 3.64. The highest BCUT2D eigenvalue weighted by molar-refractivity contribution is 7.85. The van der Waals surface area contributed by atoms with Gasteiger partial charge in [-0.1, -0.05) is 36.5 Å². The maximum atomic E-state index is 11.9. The Labute approximate surface area is 119 Å². The molecule has 0 saturated heterocycles. The van der Waals surface area contributed by atoms with Crippen molar-refractivity contribution in [1.82, 2.24) is 0 Å². The Morgan fingerprint density at radius 3 is 2.78 bits per heavy atom. The van der Waals surface area contributed by atoms with Crippen LogP contribution in [0.25, 0.3) is 0 Å². The topological polar surface area (TPSA) is 43.4 Å². The van der Waals surface area contributed by atoms with Crippen molar-refractivity contribution in [2.24, 2.45) is 0 Å². The van der Waals surface area contributed by atoms with Gasteiger partial charge in [-0.15, -0.1) is 0 Å². The van der Waals surface area contributed by atoms with Crippen molar-refractivity contribution in [3.05, 3.63) is 28.2 Å². The Hall–Kier alpha value is -0.580. The van der Waals surface area contributed by atoms with Crippen molar-refractivity contribution in [2.45, 2.75) is 24.7 Å². The number of benzene rings is 1. The molecule has 0 bridgehead atoms. The van der Waals surface area contributed by atoms with Gasteiger partial charge in [-0.3, -0.25) is 9.00 Å². The summed E-state index contributed by atoms with van der Waals surface area (Å²) in [5.74, 6) is -0.693. The fourth-order valence-corrected chi connectivity index (χ4v) is 2.82. The molecule has 0 spiro atoms. The third-order valence-corrected chi connectivity index (χ3v) is 4.15. The average molecular weight is 309 g/mol. The molecule has 1 atom stereocenters. The third kappa shape index (κ3) is 4.96. The van der Waals surface area contributed by atoms with Gasteiger partial charge < -0.3 is 4.74 Å². The Balaban J connectivity index is 2.59. The Kier molecular flexibility index (Phi) is 6.68. The average Bonchev–Trinajstić information content (AvgIpc) is 2.32. The summed E-state index contributed by atoms with van der Waals surface area (Å²) in [5.41, 5.74) is 0. The third-order valence-electron chi connectivity index (χ3n) is 2.15. The van der Waals surface area contributed by atoms with E-state index in [9.17, 15) is 9.00 Å². The predicted octanol–water partition coefficient (Wildman–Crippen LogP) is 3.44. The summed E-state index contributed by atoms with van der Waals surface area (Å²) >= 11 is 11.7. The maximum Gasteiger partial charge on any atom is 0.318 e. The molecule has 0 aliphatic carbocycles. The molecule has 0 heterocycles. The molecule has 0 aliphatic rings. The molecule has 0 N–H and O–H groups in total. The van der Waals surface area contributed by atoms with E-state index in [0.29, 0.717) is 21.5 Å². The standard InChI is InChI=1S/C12H14Cl2O3S/c1-2-3-6-17-12(15)8-18(16)11-7-9(13)4-5-10(11)14/h4-5,7H,2-3,6,8H2,1H3. The molecule has 18 heavy (non-hydrogen) atoms. The molecular formula is C12H14Cl2O3S. The molecule has 3 nitrogen and oxygen atoms in total. The van der Waals surface area contributed by atoms with Crippen molar-refractivity contribution in [3.63, 3.8) is 0 Å². The van der Waals surface area contributed by atoms with Crippen LogP contribution in [0.15, 0.2) is 23.1 Å². The van der Waals surface area contributed by atoms with E-state index in [0.717, 1.165) is 12.8 Å². The van der Waals surface area contributed by atoms with Gasteiger partial charge in [0.25, 0.3) is 0 Å². The van der Waals surface area contributed by atoms with E-state index in [1.165, 1.54) is 6.07 Å². The predicted molar refractivity (Wildman–Crippen MR) is 73.6 cm³/mol. The van der Waals surface area contributed by atoms with Gasteiger partial charge in [-0.05, 0) is 24.6 Å². The highest BCUT2D eigenvalue weighted by Gasteiger charge is 2.14. The zero-order chi connectivity index (χ0) is 13.5. The zero-order valence-corrected chi connectivity index (χ0v) is 12.3. The Morgan fingerprint density at radius 1 is 1.39 bits per heavy atom. The summed E-state index contributed by atoms with van der Waals surface area (Å²) in [6.45, 7) is 2.35. The van der Waals surface area contributed by atoms with E-state index in [1.54, 1.807) is 12.1 Å². The van der Waals surface area contributed by atoms with Crippen molar-refractivity contribution in [3.8, 4) is 0 Å². The number of hydrogen-bond acceptors (Lipinski definition) is 3. The number of unbranched alkanes of at least 4 members (excludes halogenated alkanes) is 1. The monoisotopic (exact) mass is 308 g/mol. The normalized spacial score (nSPS) is 12.2. The molecule has 6 heteroatoms. The number of halogens is 2. The van der Waals surface area contributed by atoms with Gasteiger partial charge in [-0.25, -0.2) is 0 Å². The first-order chi connectivity index (χ1) is 8.54. The molecule has 1 aromatic rings. The van der Waals surface area contributed by atoms with E-state index in [-0.39, 0.29) is 5.75 Å². The molecule has 0 aliphatic heterocycles. The Bertz CT molecular complexity index is 449. The number of carbonyl (C=O) groups is 1. The number of carbonyl (C=O) groups excluding carboxylic acids is 1. The summed E-state index contributed by atoms with van der Waals surface area (Å²) in [6.07, 6.45) is 1.74. The van der Waals surface area contributed by atoms with Gasteiger partial charge in [-0.2, -0.15) is 0 Å². The van der Waals surface area contributed by atoms with Gasteiger partial charge >= 0.3 is 5.97 Å². The molecule has 0 amide bonds. The summed E-state index contributed by atoms with van der Waals surface area (Å²) < 4.78 is 16.9. The van der Waals surface area contributed by atoms with E-state index in [2.05, 4.69) is 0 Å². The number of ether oxygens (including phenoxy) is 1. The quantitative estimate of drug-likeness (QED) is 0.597. The fraction of sp³-hybridized carbons (Fsp3) is 0.417. The van der Waals surface area contributed by atoms with Gasteiger partial charge in [0.15, 0.2) is 0 Å². The molecule has 0 fully saturated rings. The largest absolute Gasteiger partial charge is 0.465 e. The first kappa shape index (κ1) is 15.5. The molecule has 1 rings (SSSR count). The molecule has 1 aromatic carbocycles. The van der Waals surface area contributed by atoms with Gasteiger partial charge in [0.05, 0.1) is 27.3 Å². The first-order valence-corrected chi connectivity index (χ1v) is 7.61. The Morgan fingerprint density at radius 2 is 2.11 bits per heavy atom. The summed E-state index contributed by atoms with van der Waals surface area (Å²) in [6, 6.07) is 4.66. The van der Waals surface area contributed by atoms with Crippen molar-refractivity contribution < 1.29 is 13.7 Å². The van der Waals surface area contributed by atoms with Crippen molar-refractivity contribution in [1.29, 1.82) is 0 Å². The van der Waals surface area contributed by atoms with Crippen LogP contribution in [0.1, 0.15) is 19.8 Å². The highest BCUT2D eigenvalue weighted by atomic mass is 35.5. The van der Waals surface area contributed by atoms with Crippen LogP contribution in [0.3, 0.4) is 0 Å². The van der Waals surface area contributed by atoms with Crippen LogP contribution in [0.4, 0.5) is 0 Å². The lowest BCUT2D eigenvalue weighted by atomic mass is 10.4. The van der Waals surface area contributed by atoms with Crippen LogP contribution in [0, 0.1) is 0 Å². The van der Waals surface area contributed by atoms with Gasteiger partial charge in [0.2, 0.25) is 0 Å². The lowest BCUT2D eigenvalue weighted by molar-refractivity contribution is -0.140. The second kappa shape index (κ2) is 7.77. The van der Waals surface area contributed by atoms with Gasteiger partial charge in [0.1, 0.15) is 5.75 Å². The zero-order valence-electron chi connectivity index (χ0n) is 9.95. The van der Waals surface area contributed by atoms with E-state index in [1.807, 2.05) is 6.92 Å². The maximum absolute atomic E-state index is 11.9. The van der Waals surface area contributed by atoms with Gasteiger partial charge in [0, 0.05) is 5.02 Å². The number of esters is 1. The molecular weight excluding hydrogens is 295 g/mol. The smallest absolute Gasteiger partial charge is 0.318 e. The van der Waals surface area contributed by atoms with Crippen LogP contribution < -0.4 is 0 Å². The molecule has 100 valence electrons. The van der Waals surface area contributed by atoms with Crippen molar-refractivity contribution in [2.75, 3.05) is 12.4 Å². The first-order valence-electron chi connectivity index (χ1n) is 5.53. The SMILES string of the molecule is CCCCOC(=O)CS(=O)c1cc(Cl)ccc1Cl. The summed E-state index contributed by atoms with van der Waals surface area (Å²) in [4.78, 5) is 11.8. The summed E-state index contributed by atoms with van der Waals surface area (Å²) in [5, 5.41) is 0.765. The van der Waals surface area contributed by atoms with E-state index < -0.39 is 16.8 Å². The van der Waals surface area contributed by atoms with Crippen LogP contribution >= 0.6 is 23.2 Å². The minimum atomic E-state index is -1.53. The molecule has 0 radical (unpaired) electrons. The van der Waals surface area contributed by atoms with Crippen LogP contribution in [0.5, 0.6) is 0 Å². The lowest BCUT2D eigenvalue weighted by Crippen LogP contribution is -2.15. The van der Waals surface area contributed by atoms with E-state index >= 15 is 0 Å². The van der Waals surface area contributed by atoms with Crippen LogP contribution in [0.2, 0.25) is 10.0 Å². The number of rotatable bonds is 6. The molecule has 0 saturated carbocycles. The fourth-order valence-electron chi connectivity index (χ4n) is 1.21. The number of hydrogen-bond donors (Lipinski definition) is 0. The molecule has 1 unspecified atom stereocenters. The lowest BCUT2D eigenvalue weighted by Gasteiger charge is -2.06. The minimum absolute atomic E-state index is 0.205. The highest BCUT2D eigenvalue weighted by Crippen LogP contribution is 2.23. The summed E-state index contributed by atoms with van der Waals surface area (Å²) in [7, 11) is -1.53. The van der Waals surface area contributed by atoms with Crippen LogP contribution in [-0.2, 0) is 20.3 Å². The van der Waals surface area contributed by atoms with Crippen LogP contribution in [-0.4, -0.2) is 22.5 Å². The van der Waals surface area contributed by atoms with Crippen molar-refractivity contribution >= 4 is 40.0 Å². The molecule has 0 aromatic heterocycles. The van der Waals surface area contributed by atoms with E-state index in [4.69, 9.17) is 27.9 Å². The second-order valence-corrected chi connectivity index (χ2v) is 5.90. The minimum Gasteiger partial charge on any atom is -0.465 e.